The number of para-hydroxylation sites is 1. The van der Waals surface area contributed by atoms with Crippen molar-refractivity contribution in [1.29, 1.82) is 0 Å². The fourth-order valence-electron chi connectivity index (χ4n) is 3.62. The Hall–Kier alpha value is -3.55. The molecule has 1 amide bonds. The van der Waals surface area contributed by atoms with Crippen molar-refractivity contribution in [3.8, 4) is 5.69 Å². The van der Waals surface area contributed by atoms with Crippen LogP contribution in [0.25, 0.3) is 16.7 Å². The van der Waals surface area contributed by atoms with Gasteiger partial charge in [0.2, 0.25) is 0 Å². The van der Waals surface area contributed by atoms with E-state index in [4.69, 9.17) is 4.42 Å². The van der Waals surface area contributed by atoms with Crippen molar-refractivity contribution in [2.45, 2.75) is 33.0 Å². The van der Waals surface area contributed by atoms with E-state index < -0.39 is 29.4 Å². The maximum Gasteiger partial charge on any atom is 0.434 e. The Kier molecular flexibility index (Phi) is 5.08. The van der Waals surface area contributed by atoms with Gasteiger partial charge in [-0.05, 0) is 39.0 Å². The molecule has 1 N–H and O–H groups in total. The van der Waals surface area contributed by atoms with Gasteiger partial charge in [0.1, 0.15) is 11.3 Å². The highest BCUT2D eigenvalue weighted by Gasteiger charge is 2.41. The predicted molar refractivity (Wildman–Crippen MR) is 110 cm³/mol. The molecule has 0 aliphatic heterocycles. The number of aromatic nitrogens is 2. The third-order valence-corrected chi connectivity index (χ3v) is 5.18. The molecule has 0 fully saturated rings. The summed E-state index contributed by atoms with van der Waals surface area (Å²) in [7, 11) is 0. The lowest BCUT2D eigenvalue weighted by atomic mass is 10.1. The van der Waals surface area contributed by atoms with Crippen LogP contribution in [0.4, 0.5) is 13.2 Å². The molecule has 1 atom stereocenters. The molecule has 0 aliphatic rings. The van der Waals surface area contributed by atoms with Gasteiger partial charge in [-0.3, -0.25) is 4.79 Å². The summed E-state index contributed by atoms with van der Waals surface area (Å²) >= 11 is 0. The van der Waals surface area contributed by atoms with Crippen molar-refractivity contribution in [1.82, 2.24) is 15.1 Å². The van der Waals surface area contributed by atoms with Crippen LogP contribution in [-0.2, 0) is 6.18 Å². The molecule has 0 aliphatic carbocycles. The third-order valence-electron chi connectivity index (χ3n) is 5.18. The van der Waals surface area contributed by atoms with Gasteiger partial charge in [0.05, 0.1) is 23.5 Å². The van der Waals surface area contributed by atoms with E-state index >= 15 is 0 Å². The monoisotopic (exact) mass is 427 g/mol. The molecular weight excluding hydrogens is 407 g/mol. The van der Waals surface area contributed by atoms with Gasteiger partial charge < -0.3 is 9.73 Å². The molecule has 0 saturated carbocycles. The normalized spacial score (nSPS) is 12.8. The second-order valence-corrected chi connectivity index (χ2v) is 7.43. The first-order valence-electron chi connectivity index (χ1n) is 9.68. The summed E-state index contributed by atoms with van der Waals surface area (Å²) in [4.78, 5) is 12.8. The molecular formula is C23H20F3N3O2. The van der Waals surface area contributed by atoms with Gasteiger partial charge in [0.15, 0.2) is 5.69 Å². The van der Waals surface area contributed by atoms with Crippen molar-refractivity contribution in [2.24, 2.45) is 0 Å². The van der Waals surface area contributed by atoms with Crippen LogP contribution in [0.15, 0.2) is 59.1 Å². The van der Waals surface area contributed by atoms with Gasteiger partial charge in [-0.1, -0.05) is 35.9 Å². The van der Waals surface area contributed by atoms with Crippen LogP contribution < -0.4 is 5.32 Å². The zero-order valence-electron chi connectivity index (χ0n) is 17.1. The zero-order valence-corrected chi connectivity index (χ0v) is 17.1. The van der Waals surface area contributed by atoms with E-state index in [0.29, 0.717) is 11.3 Å². The van der Waals surface area contributed by atoms with Gasteiger partial charge in [0.25, 0.3) is 5.91 Å². The Labute approximate surface area is 176 Å². The minimum Gasteiger partial charge on any atom is -0.459 e. The van der Waals surface area contributed by atoms with Crippen molar-refractivity contribution in [2.75, 3.05) is 0 Å². The summed E-state index contributed by atoms with van der Waals surface area (Å²) in [5.41, 5.74) is 0.931. The lowest BCUT2D eigenvalue weighted by Gasteiger charge is -2.15. The number of hydrogen-bond donors (Lipinski definition) is 1. The molecule has 0 radical (unpaired) electrons. The van der Waals surface area contributed by atoms with E-state index in [-0.39, 0.29) is 5.69 Å². The summed E-state index contributed by atoms with van der Waals surface area (Å²) < 4.78 is 48.2. The topological polar surface area (TPSA) is 60.1 Å². The van der Waals surface area contributed by atoms with E-state index in [1.54, 1.807) is 25.1 Å². The Balaban J connectivity index is 1.68. The van der Waals surface area contributed by atoms with Crippen LogP contribution in [0.3, 0.4) is 0 Å². The van der Waals surface area contributed by atoms with Crippen LogP contribution >= 0.6 is 0 Å². The van der Waals surface area contributed by atoms with E-state index in [9.17, 15) is 18.0 Å². The number of hydrogen-bond acceptors (Lipinski definition) is 3. The minimum atomic E-state index is -4.77. The number of nitrogens with zero attached hydrogens (tertiary/aromatic N) is 2. The van der Waals surface area contributed by atoms with Gasteiger partial charge in [0, 0.05) is 10.9 Å². The highest BCUT2D eigenvalue weighted by atomic mass is 19.4. The Morgan fingerprint density at radius 1 is 1.10 bits per heavy atom. The third kappa shape index (κ3) is 3.81. The number of alkyl halides is 3. The van der Waals surface area contributed by atoms with Crippen molar-refractivity contribution in [3.05, 3.63) is 82.9 Å². The van der Waals surface area contributed by atoms with E-state index in [2.05, 4.69) is 10.4 Å². The SMILES string of the molecule is Cc1ccc(-n2ncc(C(=O)NC(C)c3oc4ccccc4c3C)c2C(F)(F)F)cc1. The zero-order chi connectivity index (χ0) is 22.3. The summed E-state index contributed by atoms with van der Waals surface area (Å²) in [6, 6.07) is 13.2. The molecule has 0 saturated heterocycles. The smallest absolute Gasteiger partial charge is 0.434 e. The second kappa shape index (κ2) is 7.61. The first-order valence-corrected chi connectivity index (χ1v) is 9.68. The number of fused-ring (bicyclic) bond motifs is 1. The number of halogens is 3. The molecule has 2 heterocycles. The minimum absolute atomic E-state index is 0.221. The number of benzene rings is 2. The number of rotatable bonds is 4. The summed E-state index contributed by atoms with van der Waals surface area (Å²) in [5.74, 6) is -0.382. The van der Waals surface area contributed by atoms with Crippen molar-refractivity contribution in [3.63, 3.8) is 0 Å². The maximum atomic E-state index is 13.9. The highest BCUT2D eigenvalue weighted by molar-refractivity contribution is 5.96. The van der Waals surface area contributed by atoms with Gasteiger partial charge in [-0.25, -0.2) is 4.68 Å². The molecule has 4 rings (SSSR count). The number of carbonyl (C=O) groups excluding carboxylic acids is 1. The fraction of sp³-hybridized carbons (Fsp3) is 0.217. The molecule has 2 aromatic carbocycles. The van der Waals surface area contributed by atoms with E-state index in [1.807, 2.05) is 32.0 Å². The lowest BCUT2D eigenvalue weighted by molar-refractivity contribution is -0.143. The largest absolute Gasteiger partial charge is 0.459 e. The average Bonchev–Trinajstić information content (AvgIpc) is 3.31. The first-order chi connectivity index (χ1) is 14.7. The van der Waals surface area contributed by atoms with Gasteiger partial charge in [-0.2, -0.15) is 18.3 Å². The number of carbonyl (C=O) groups is 1. The van der Waals surface area contributed by atoms with Crippen LogP contribution in [-0.4, -0.2) is 15.7 Å². The standard InChI is InChI=1S/C23H20F3N3O2/c1-13-8-10-16(11-9-13)29-21(23(24,25)26)18(12-27-29)22(30)28-15(3)20-14(2)17-6-4-5-7-19(17)31-20/h4-12,15H,1-3H3,(H,28,30). The second-order valence-electron chi connectivity index (χ2n) is 7.43. The van der Waals surface area contributed by atoms with E-state index in [1.165, 1.54) is 12.1 Å². The fourth-order valence-corrected chi connectivity index (χ4v) is 3.62. The molecule has 31 heavy (non-hydrogen) atoms. The Morgan fingerprint density at radius 2 is 1.77 bits per heavy atom. The number of furan rings is 1. The molecule has 1 unspecified atom stereocenters. The van der Waals surface area contributed by atoms with Crippen LogP contribution in [0.1, 0.15) is 45.9 Å². The Bertz CT molecular complexity index is 1250. The number of aryl methyl sites for hydroxylation is 2. The quantitative estimate of drug-likeness (QED) is 0.451. The number of amides is 1. The average molecular weight is 427 g/mol. The molecule has 4 aromatic rings. The molecule has 0 bridgehead atoms. The molecule has 0 spiro atoms. The Morgan fingerprint density at radius 3 is 2.42 bits per heavy atom. The first kappa shape index (κ1) is 20.7. The van der Waals surface area contributed by atoms with Crippen LogP contribution in [0, 0.1) is 13.8 Å². The van der Waals surface area contributed by atoms with Crippen LogP contribution in [0.2, 0.25) is 0 Å². The molecule has 5 nitrogen and oxygen atoms in total. The summed E-state index contributed by atoms with van der Waals surface area (Å²) in [5, 5.41) is 7.35. The van der Waals surface area contributed by atoms with Crippen molar-refractivity contribution >= 4 is 16.9 Å². The number of nitrogens with one attached hydrogen (secondary N) is 1. The van der Waals surface area contributed by atoms with Crippen LogP contribution in [0.5, 0.6) is 0 Å². The van der Waals surface area contributed by atoms with E-state index in [0.717, 1.165) is 27.4 Å². The predicted octanol–water partition coefficient (Wildman–Crippen LogP) is 5.75. The van der Waals surface area contributed by atoms with Gasteiger partial charge >= 0.3 is 6.18 Å². The maximum absolute atomic E-state index is 13.9. The van der Waals surface area contributed by atoms with Gasteiger partial charge in [-0.15, -0.1) is 0 Å². The lowest BCUT2D eigenvalue weighted by Crippen LogP contribution is -2.29. The molecule has 2 aromatic heterocycles. The summed E-state index contributed by atoms with van der Waals surface area (Å²) in [6.07, 6.45) is -3.83. The summed E-state index contributed by atoms with van der Waals surface area (Å²) in [6.45, 7) is 5.35. The highest BCUT2D eigenvalue weighted by Crippen LogP contribution is 2.34. The molecule has 160 valence electrons. The van der Waals surface area contributed by atoms with Crippen molar-refractivity contribution < 1.29 is 22.4 Å². The molecule has 8 heteroatoms.